The molecule has 2 aromatic rings. The number of thiophene rings is 1. The Morgan fingerprint density at radius 2 is 2.13 bits per heavy atom. The highest BCUT2D eigenvalue weighted by atomic mass is 127. The summed E-state index contributed by atoms with van der Waals surface area (Å²) in [5.41, 5.74) is 0.836. The number of benzene rings is 1. The van der Waals surface area contributed by atoms with E-state index < -0.39 is 6.10 Å². The molecule has 1 unspecified atom stereocenters. The highest BCUT2D eigenvalue weighted by Gasteiger charge is 2.12. The number of aliphatic hydroxyl groups excluding tert-OH is 1. The summed E-state index contributed by atoms with van der Waals surface area (Å²) in [6.07, 6.45) is -0.570. The van der Waals surface area contributed by atoms with Crippen molar-refractivity contribution in [3.63, 3.8) is 0 Å². The van der Waals surface area contributed by atoms with Crippen molar-refractivity contribution in [3.8, 4) is 0 Å². The molecule has 0 saturated carbocycles. The van der Waals surface area contributed by atoms with E-state index in [0.717, 1.165) is 14.0 Å². The summed E-state index contributed by atoms with van der Waals surface area (Å²) < 4.78 is 0.997. The van der Waals surface area contributed by atoms with Crippen LogP contribution in [0.25, 0.3) is 0 Å². The molecule has 0 saturated heterocycles. The third-order valence-electron chi connectivity index (χ3n) is 2.07. The first-order chi connectivity index (χ1) is 7.18. The molecular formula is C11H8ClIOS. The van der Waals surface area contributed by atoms with Gasteiger partial charge in [0.1, 0.15) is 6.10 Å². The van der Waals surface area contributed by atoms with E-state index in [9.17, 15) is 5.11 Å². The van der Waals surface area contributed by atoms with Crippen molar-refractivity contribution in [1.82, 2.24) is 0 Å². The molecule has 1 aromatic heterocycles. The molecule has 1 atom stereocenters. The molecule has 0 amide bonds. The van der Waals surface area contributed by atoms with E-state index in [1.165, 1.54) is 0 Å². The van der Waals surface area contributed by atoms with Gasteiger partial charge in [-0.3, -0.25) is 0 Å². The second-order valence-electron chi connectivity index (χ2n) is 3.09. The third-order valence-corrected chi connectivity index (χ3v) is 4.57. The van der Waals surface area contributed by atoms with Gasteiger partial charge in [0.2, 0.25) is 0 Å². The maximum absolute atomic E-state index is 10.0. The lowest BCUT2D eigenvalue weighted by Crippen LogP contribution is -1.97. The molecular weight excluding hydrogens is 343 g/mol. The van der Waals surface area contributed by atoms with Crippen molar-refractivity contribution in [3.05, 3.63) is 54.7 Å². The Bertz CT molecular complexity index is 456. The van der Waals surface area contributed by atoms with Crippen LogP contribution in [0, 0.1) is 3.57 Å². The first-order valence-electron chi connectivity index (χ1n) is 4.35. The molecule has 15 heavy (non-hydrogen) atoms. The summed E-state index contributed by atoms with van der Waals surface area (Å²) >= 11 is 9.71. The first-order valence-corrected chi connectivity index (χ1v) is 6.68. The zero-order valence-corrected chi connectivity index (χ0v) is 11.4. The molecule has 0 radical (unpaired) electrons. The van der Waals surface area contributed by atoms with Crippen molar-refractivity contribution in [1.29, 1.82) is 0 Å². The van der Waals surface area contributed by atoms with Crippen molar-refractivity contribution < 1.29 is 5.11 Å². The number of hydrogen-bond donors (Lipinski definition) is 1. The minimum atomic E-state index is -0.570. The maximum atomic E-state index is 10.0. The summed E-state index contributed by atoms with van der Waals surface area (Å²) in [6.45, 7) is 0. The average Bonchev–Trinajstić information content (AvgIpc) is 2.74. The predicted octanol–water partition coefficient (Wildman–Crippen LogP) is 4.09. The highest BCUT2D eigenvalue weighted by Crippen LogP contribution is 2.29. The van der Waals surface area contributed by atoms with Gasteiger partial charge in [-0.25, -0.2) is 0 Å². The van der Waals surface area contributed by atoms with Crippen LogP contribution in [0.1, 0.15) is 16.5 Å². The van der Waals surface area contributed by atoms with Gasteiger partial charge < -0.3 is 5.11 Å². The molecule has 1 N–H and O–H groups in total. The third kappa shape index (κ3) is 2.53. The lowest BCUT2D eigenvalue weighted by molar-refractivity contribution is 0.224. The molecule has 0 aliphatic carbocycles. The van der Waals surface area contributed by atoms with Gasteiger partial charge in [-0.1, -0.05) is 23.7 Å². The minimum Gasteiger partial charge on any atom is -0.383 e. The highest BCUT2D eigenvalue weighted by molar-refractivity contribution is 14.1. The van der Waals surface area contributed by atoms with E-state index >= 15 is 0 Å². The Morgan fingerprint density at radius 3 is 2.73 bits per heavy atom. The van der Waals surface area contributed by atoms with Gasteiger partial charge in [0.05, 0.1) is 5.02 Å². The summed E-state index contributed by atoms with van der Waals surface area (Å²) in [4.78, 5) is 0.937. The largest absolute Gasteiger partial charge is 0.383 e. The SMILES string of the molecule is OC(c1ccc(I)c(Cl)c1)c1cccs1. The zero-order chi connectivity index (χ0) is 10.8. The van der Waals surface area contributed by atoms with Crippen LogP contribution in [-0.4, -0.2) is 5.11 Å². The molecule has 0 bridgehead atoms. The van der Waals surface area contributed by atoms with Gasteiger partial charge in [-0.2, -0.15) is 0 Å². The Kier molecular flexibility index (Phi) is 3.66. The quantitative estimate of drug-likeness (QED) is 0.809. The molecule has 1 heterocycles. The number of rotatable bonds is 2. The molecule has 0 aliphatic heterocycles. The molecule has 1 nitrogen and oxygen atoms in total. The monoisotopic (exact) mass is 350 g/mol. The van der Waals surface area contributed by atoms with Crippen molar-refractivity contribution in [2.75, 3.05) is 0 Å². The average molecular weight is 351 g/mol. The molecule has 0 aliphatic rings. The lowest BCUT2D eigenvalue weighted by atomic mass is 10.1. The Hall–Kier alpha value is -0.100. The summed E-state index contributed by atoms with van der Waals surface area (Å²) in [5.74, 6) is 0. The smallest absolute Gasteiger partial charge is 0.113 e. The van der Waals surface area contributed by atoms with Gasteiger partial charge in [-0.05, 0) is 51.7 Å². The maximum Gasteiger partial charge on any atom is 0.113 e. The molecule has 78 valence electrons. The van der Waals surface area contributed by atoms with Crippen molar-refractivity contribution in [2.45, 2.75) is 6.10 Å². The summed E-state index contributed by atoms with van der Waals surface area (Å²) in [7, 11) is 0. The van der Waals surface area contributed by atoms with E-state index in [-0.39, 0.29) is 0 Å². The van der Waals surface area contributed by atoms with Gasteiger partial charge in [-0.15, -0.1) is 11.3 Å². The van der Waals surface area contributed by atoms with Crippen LogP contribution < -0.4 is 0 Å². The fourth-order valence-electron chi connectivity index (χ4n) is 1.29. The van der Waals surface area contributed by atoms with Crippen LogP contribution in [0.2, 0.25) is 5.02 Å². The van der Waals surface area contributed by atoms with Crippen LogP contribution in [0.3, 0.4) is 0 Å². The van der Waals surface area contributed by atoms with Crippen molar-refractivity contribution >= 4 is 45.5 Å². The van der Waals surface area contributed by atoms with Crippen LogP contribution in [0.5, 0.6) is 0 Å². The van der Waals surface area contributed by atoms with E-state index in [1.807, 2.05) is 35.7 Å². The Labute approximate surface area is 111 Å². The van der Waals surface area contributed by atoms with Crippen LogP contribution in [0.4, 0.5) is 0 Å². The second kappa shape index (κ2) is 4.82. The lowest BCUT2D eigenvalue weighted by Gasteiger charge is -2.09. The Morgan fingerprint density at radius 1 is 1.33 bits per heavy atom. The van der Waals surface area contributed by atoms with E-state index in [1.54, 1.807) is 11.3 Å². The van der Waals surface area contributed by atoms with E-state index in [0.29, 0.717) is 5.02 Å². The molecule has 2 rings (SSSR count). The number of aliphatic hydroxyl groups is 1. The molecule has 0 spiro atoms. The van der Waals surface area contributed by atoms with Gasteiger partial charge in [0.25, 0.3) is 0 Å². The number of halogens is 2. The normalized spacial score (nSPS) is 12.7. The topological polar surface area (TPSA) is 20.2 Å². The van der Waals surface area contributed by atoms with E-state index in [4.69, 9.17) is 11.6 Å². The fraction of sp³-hybridized carbons (Fsp3) is 0.0909. The predicted molar refractivity (Wildman–Crippen MR) is 72.5 cm³/mol. The number of hydrogen-bond acceptors (Lipinski definition) is 2. The Balaban J connectivity index is 2.34. The standard InChI is InChI=1S/C11H8ClIOS/c12-8-6-7(3-4-9(8)13)11(14)10-2-1-5-15-10/h1-6,11,14H. The molecule has 0 fully saturated rings. The van der Waals surface area contributed by atoms with E-state index in [2.05, 4.69) is 22.6 Å². The second-order valence-corrected chi connectivity index (χ2v) is 5.64. The van der Waals surface area contributed by atoms with Crippen LogP contribution in [0.15, 0.2) is 35.7 Å². The van der Waals surface area contributed by atoms with Crippen molar-refractivity contribution in [2.24, 2.45) is 0 Å². The zero-order valence-electron chi connectivity index (χ0n) is 7.65. The van der Waals surface area contributed by atoms with Crippen LogP contribution >= 0.6 is 45.5 Å². The fourth-order valence-corrected chi connectivity index (χ4v) is 2.55. The summed E-state index contributed by atoms with van der Waals surface area (Å²) in [5, 5.41) is 12.7. The van der Waals surface area contributed by atoms with Crippen LogP contribution in [-0.2, 0) is 0 Å². The van der Waals surface area contributed by atoms with Gasteiger partial charge >= 0.3 is 0 Å². The summed E-state index contributed by atoms with van der Waals surface area (Å²) in [6, 6.07) is 9.47. The van der Waals surface area contributed by atoms with Gasteiger partial charge in [0.15, 0.2) is 0 Å². The molecule has 4 heteroatoms. The molecule has 1 aromatic carbocycles. The first kappa shape index (κ1) is 11.4. The van der Waals surface area contributed by atoms with Gasteiger partial charge in [0, 0.05) is 8.45 Å². The minimum absolute atomic E-state index is 0.570.